The van der Waals surface area contributed by atoms with Gasteiger partial charge in [0.2, 0.25) is 0 Å². The number of fused-ring (bicyclic) bond motifs is 1. The number of nitrogens with zero attached hydrogens (tertiary/aromatic N) is 2. The van der Waals surface area contributed by atoms with E-state index in [0.717, 1.165) is 0 Å². The predicted octanol–water partition coefficient (Wildman–Crippen LogP) is 1.02. The highest BCUT2D eigenvalue weighted by atomic mass is 16.2. The van der Waals surface area contributed by atoms with Crippen LogP contribution >= 0.6 is 0 Å². The summed E-state index contributed by atoms with van der Waals surface area (Å²) >= 11 is 0. The van der Waals surface area contributed by atoms with Crippen molar-refractivity contribution in [1.29, 1.82) is 0 Å². The van der Waals surface area contributed by atoms with Crippen molar-refractivity contribution in [2.24, 2.45) is 5.41 Å². The molecule has 0 aliphatic rings. The third-order valence-corrected chi connectivity index (χ3v) is 2.65. The fourth-order valence-electron chi connectivity index (χ4n) is 1.88. The summed E-state index contributed by atoms with van der Waals surface area (Å²) in [7, 11) is 0. The molecule has 0 aromatic carbocycles. The maximum Gasteiger partial charge on any atom is 0.330 e. The number of aromatic amines is 2. The molecule has 0 atom stereocenters. The van der Waals surface area contributed by atoms with Crippen LogP contribution in [0.2, 0.25) is 0 Å². The van der Waals surface area contributed by atoms with Gasteiger partial charge in [-0.2, -0.15) is 0 Å². The van der Waals surface area contributed by atoms with Crippen LogP contribution in [0.3, 0.4) is 0 Å². The molecule has 18 heavy (non-hydrogen) atoms. The molecule has 0 fully saturated rings. The second kappa shape index (κ2) is 4.12. The van der Waals surface area contributed by atoms with Gasteiger partial charge < -0.3 is 4.98 Å². The number of imidazole rings is 1. The van der Waals surface area contributed by atoms with E-state index in [9.17, 15) is 9.59 Å². The highest BCUT2D eigenvalue weighted by molar-refractivity contribution is 5.69. The van der Waals surface area contributed by atoms with Crippen LogP contribution in [0.15, 0.2) is 9.59 Å². The van der Waals surface area contributed by atoms with Gasteiger partial charge in [-0.3, -0.25) is 14.3 Å². The van der Waals surface area contributed by atoms with Gasteiger partial charge in [0.15, 0.2) is 5.65 Å². The molecule has 0 bridgehead atoms. The average Bonchev–Trinajstić information content (AvgIpc) is 2.67. The van der Waals surface area contributed by atoms with Crippen molar-refractivity contribution in [2.75, 3.05) is 0 Å². The normalized spacial score (nSPS) is 12.2. The number of nitrogens with one attached hydrogen (secondary N) is 2. The van der Waals surface area contributed by atoms with Gasteiger partial charge in [0.05, 0.1) is 0 Å². The first-order valence-electron chi connectivity index (χ1n) is 6.03. The lowest BCUT2D eigenvalue weighted by atomic mass is 9.97. The summed E-state index contributed by atoms with van der Waals surface area (Å²) in [6.07, 6.45) is 0.692. The van der Waals surface area contributed by atoms with Gasteiger partial charge in [-0.15, -0.1) is 0 Å². The van der Waals surface area contributed by atoms with Crippen LogP contribution in [-0.2, 0) is 13.0 Å². The third-order valence-electron chi connectivity index (χ3n) is 2.65. The Kier molecular flexibility index (Phi) is 2.88. The van der Waals surface area contributed by atoms with Gasteiger partial charge in [-0.1, -0.05) is 27.7 Å². The van der Waals surface area contributed by atoms with Gasteiger partial charge in [-0.05, 0) is 5.41 Å². The molecule has 2 N–H and O–H groups in total. The van der Waals surface area contributed by atoms with Crippen molar-refractivity contribution in [3.8, 4) is 0 Å². The predicted molar refractivity (Wildman–Crippen MR) is 69.8 cm³/mol. The fourth-order valence-corrected chi connectivity index (χ4v) is 1.88. The van der Waals surface area contributed by atoms with E-state index in [1.54, 1.807) is 0 Å². The zero-order valence-corrected chi connectivity index (χ0v) is 11.1. The highest BCUT2D eigenvalue weighted by Crippen LogP contribution is 2.17. The van der Waals surface area contributed by atoms with Crippen molar-refractivity contribution in [1.82, 2.24) is 19.5 Å². The van der Waals surface area contributed by atoms with Crippen LogP contribution in [0, 0.1) is 5.41 Å². The minimum absolute atomic E-state index is 0.0691. The van der Waals surface area contributed by atoms with Crippen molar-refractivity contribution in [2.45, 2.75) is 40.7 Å². The third kappa shape index (κ3) is 2.23. The monoisotopic (exact) mass is 250 g/mol. The summed E-state index contributed by atoms with van der Waals surface area (Å²) in [5.41, 5.74) is -0.0736. The van der Waals surface area contributed by atoms with Crippen molar-refractivity contribution >= 4 is 11.2 Å². The largest absolute Gasteiger partial charge is 0.336 e. The van der Waals surface area contributed by atoms with Crippen molar-refractivity contribution in [3.63, 3.8) is 0 Å². The van der Waals surface area contributed by atoms with Gasteiger partial charge in [0.1, 0.15) is 11.3 Å². The van der Waals surface area contributed by atoms with Gasteiger partial charge in [0.25, 0.3) is 5.56 Å². The Morgan fingerprint density at radius 3 is 2.44 bits per heavy atom. The molecule has 0 saturated heterocycles. The lowest BCUT2D eigenvalue weighted by Gasteiger charge is -2.19. The molecule has 2 heterocycles. The van der Waals surface area contributed by atoms with Crippen LogP contribution in [0.5, 0.6) is 0 Å². The molecule has 2 aromatic heterocycles. The molecule has 0 spiro atoms. The molecular weight excluding hydrogens is 232 g/mol. The summed E-state index contributed by atoms with van der Waals surface area (Å²) in [6, 6.07) is 0. The molecule has 98 valence electrons. The summed E-state index contributed by atoms with van der Waals surface area (Å²) in [6.45, 7) is 8.54. The van der Waals surface area contributed by atoms with Crippen molar-refractivity contribution < 1.29 is 0 Å². The SMILES string of the molecule is CCc1nc2c([nH]1)c(=O)[nH]c(=O)n2CC(C)(C)C. The number of aromatic nitrogens is 4. The molecule has 0 radical (unpaired) electrons. The molecule has 0 aliphatic carbocycles. The summed E-state index contributed by atoms with van der Waals surface area (Å²) in [5.74, 6) is 0.712. The van der Waals surface area contributed by atoms with E-state index in [1.165, 1.54) is 4.57 Å². The molecular formula is C12H18N4O2. The molecule has 6 heteroatoms. The van der Waals surface area contributed by atoms with Crippen LogP contribution < -0.4 is 11.2 Å². The van der Waals surface area contributed by atoms with E-state index in [-0.39, 0.29) is 5.41 Å². The average molecular weight is 250 g/mol. The molecule has 0 saturated carbocycles. The van der Waals surface area contributed by atoms with E-state index in [1.807, 2.05) is 27.7 Å². The minimum atomic E-state index is -0.410. The smallest absolute Gasteiger partial charge is 0.330 e. The van der Waals surface area contributed by atoms with Crippen LogP contribution in [0.25, 0.3) is 11.2 Å². The van der Waals surface area contributed by atoms with Crippen LogP contribution in [0.1, 0.15) is 33.5 Å². The Morgan fingerprint density at radius 2 is 1.89 bits per heavy atom. The maximum atomic E-state index is 11.9. The molecule has 0 unspecified atom stereocenters. The Balaban J connectivity index is 2.75. The maximum absolute atomic E-state index is 11.9. The minimum Gasteiger partial charge on any atom is -0.336 e. The summed E-state index contributed by atoms with van der Waals surface area (Å²) in [5, 5.41) is 0. The zero-order valence-electron chi connectivity index (χ0n) is 11.1. The van der Waals surface area contributed by atoms with Gasteiger partial charge in [-0.25, -0.2) is 9.78 Å². The Bertz CT molecular complexity index is 685. The van der Waals surface area contributed by atoms with Crippen LogP contribution in [-0.4, -0.2) is 19.5 Å². The second-order valence-electron chi connectivity index (χ2n) is 5.64. The molecule has 6 nitrogen and oxygen atoms in total. The highest BCUT2D eigenvalue weighted by Gasteiger charge is 2.17. The van der Waals surface area contributed by atoms with E-state index in [2.05, 4.69) is 15.0 Å². The van der Waals surface area contributed by atoms with E-state index < -0.39 is 11.2 Å². The lowest BCUT2D eigenvalue weighted by Crippen LogP contribution is -2.33. The first kappa shape index (κ1) is 12.6. The van der Waals surface area contributed by atoms with E-state index >= 15 is 0 Å². The van der Waals surface area contributed by atoms with E-state index in [4.69, 9.17) is 0 Å². The quantitative estimate of drug-likeness (QED) is 0.834. The van der Waals surface area contributed by atoms with E-state index in [0.29, 0.717) is 30.0 Å². The number of hydrogen-bond donors (Lipinski definition) is 2. The van der Waals surface area contributed by atoms with Gasteiger partial charge in [0, 0.05) is 13.0 Å². The van der Waals surface area contributed by atoms with Crippen molar-refractivity contribution in [3.05, 3.63) is 26.7 Å². The molecule has 0 aliphatic heterocycles. The standard InChI is InChI=1S/C12H18N4O2/c1-5-7-13-8-9(14-7)16(6-12(2,3)4)11(18)15-10(8)17/h5-6H2,1-4H3,(H,13,14)(H,15,17,18). The molecule has 2 rings (SSSR count). The molecule has 0 amide bonds. The Hall–Kier alpha value is -1.85. The number of hydrogen-bond acceptors (Lipinski definition) is 3. The molecule has 2 aromatic rings. The summed E-state index contributed by atoms with van der Waals surface area (Å²) < 4.78 is 1.52. The first-order chi connectivity index (χ1) is 8.31. The number of rotatable bonds is 2. The zero-order chi connectivity index (χ0) is 13.5. The fraction of sp³-hybridized carbons (Fsp3) is 0.583. The topological polar surface area (TPSA) is 83.5 Å². The summed E-state index contributed by atoms with van der Waals surface area (Å²) in [4.78, 5) is 33.2. The van der Waals surface area contributed by atoms with Crippen LogP contribution in [0.4, 0.5) is 0 Å². The second-order valence-corrected chi connectivity index (χ2v) is 5.64. The first-order valence-corrected chi connectivity index (χ1v) is 6.03. The Morgan fingerprint density at radius 1 is 1.22 bits per heavy atom. The number of H-pyrrole nitrogens is 2. The number of aryl methyl sites for hydroxylation is 1. The lowest BCUT2D eigenvalue weighted by molar-refractivity contribution is 0.340. The van der Waals surface area contributed by atoms with Gasteiger partial charge >= 0.3 is 5.69 Å². The Labute approximate surface area is 104 Å².